The van der Waals surface area contributed by atoms with Crippen molar-refractivity contribution in [2.24, 2.45) is 9.98 Å². The van der Waals surface area contributed by atoms with Gasteiger partial charge in [-0.3, -0.25) is 4.99 Å². The molecular formula is C20H36N2. The highest BCUT2D eigenvalue weighted by Gasteiger charge is 1.92. The van der Waals surface area contributed by atoms with E-state index in [1.165, 1.54) is 29.5 Å². The summed E-state index contributed by atoms with van der Waals surface area (Å²) in [5, 5.41) is 0. The van der Waals surface area contributed by atoms with Gasteiger partial charge < -0.3 is 0 Å². The van der Waals surface area contributed by atoms with Gasteiger partial charge in [-0.05, 0) is 50.6 Å². The maximum atomic E-state index is 3.69. The van der Waals surface area contributed by atoms with Crippen molar-refractivity contribution in [2.45, 2.75) is 60.8 Å². The molecule has 22 heavy (non-hydrogen) atoms. The van der Waals surface area contributed by atoms with E-state index >= 15 is 0 Å². The first-order valence-corrected chi connectivity index (χ1v) is 7.92. The average Bonchev–Trinajstić information content (AvgIpc) is 2.59. The lowest BCUT2D eigenvalue weighted by molar-refractivity contribution is 0.886. The van der Waals surface area contributed by atoms with Crippen LogP contribution in [0.1, 0.15) is 57.2 Å². The van der Waals surface area contributed by atoms with Gasteiger partial charge in [-0.15, -0.1) is 13.2 Å². The molecule has 0 saturated heterocycles. The quantitative estimate of drug-likeness (QED) is 0.352. The highest BCUT2D eigenvalue weighted by molar-refractivity contribution is 5.83. The number of nitrogens with zero attached hydrogens (tertiary/aromatic N) is 2. The largest absolute Gasteiger partial charge is 0.274 e. The topological polar surface area (TPSA) is 24.7 Å². The van der Waals surface area contributed by atoms with Gasteiger partial charge in [0.15, 0.2) is 0 Å². The molecule has 0 aromatic heterocycles. The molecule has 1 aromatic rings. The normalized spacial score (nSPS) is 9.14. The first kappa shape index (κ1) is 25.3. The Morgan fingerprint density at radius 1 is 1.00 bits per heavy atom. The third-order valence-corrected chi connectivity index (χ3v) is 3.03. The molecule has 0 amide bonds. The van der Waals surface area contributed by atoms with Crippen molar-refractivity contribution in [3.05, 3.63) is 48.0 Å². The Morgan fingerprint density at radius 3 is 1.73 bits per heavy atom. The summed E-state index contributed by atoms with van der Waals surface area (Å²) in [7, 11) is 1.68. The Morgan fingerprint density at radius 2 is 1.50 bits per heavy atom. The third-order valence-electron chi connectivity index (χ3n) is 3.03. The molecule has 0 heterocycles. The summed E-state index contributed by atoms with van der Waals surface area (Å²) in [5.41, 5.74) is 4.22. The summed E-state index contributed by atoms with van der Waals surface area (Å²) in [4.78, 5) is 7.20. The second-order valence-electron chi connectivity index (χ2n) is 4.70. The second-order valence-corrected chi connectivity index (χ2v) is 4.70. The molecule has 1 rings (SSSR count). The van der Waals surface area contributed by atoms with Gasteiger partial charge in [0, 0.05) is 7.05 Å². The fraction of sp³-hybridized carbons (Fsp3) is 0.500. The van der Waals surface area contributed by atoms with Crippen molar-refractivity contribution in [3.8, 4) is 0 Å². The van der Waals surface area contributed by atoms with Gasteiger partial charge in [0.1, 0.15) is 5.84 Å². The first-order chi connectivity index (χ1) is 10.5. The summed E-state index contributed by atoms with van der Waals surface area (Å²) < 4.78 is 0. The van der Waals surface area contributed by atoms with E-state index in [4.69, 9.17) is 0 Å². The minimum atomic E-state index is 0.731. The molecule has 0 saturated carbocycles. The molecule has 0 atom stereocenters. The van der Waals surface area contributed by atoms with Gasteiger partial charge in [0.25, 0.3) is 0 Å². The smallest absolute Gasteiger partial charge is 0.119 e. The average molecular weight is 305 g/mol. The maximum Gasteiger partial charge on any atom is 0.119 e. The number of hydrogen-bond acceptors (Lipinski definition) is 1. The van der Waals surface area contributed by atoms with Crippen molar-refractivity contribution in [2.75, 3.05) is 7.05 Å². The van der Waals surface area contributed by atoms with Gasteiger partial charge in [-0.25, -0.2) is 4.99 Å². The lowest BCUT2D eigenvalue weighted by Gasteiger charge is -2.01. The number of amidine groups is 1. The second kappa shape index (κ2) is 19.3. The molecule has 0 fully saturated rings. The van der Waals surface area contributed by atoms with Gasteiger partial charge in [-0.2, -0.15) is 0 Å². The molecule has 1 aromatic carbocycles. The molecule has 2 nitrogen and oxygen atoms in total. The van der Waals surface area contributed by atoms with E-state index in [0.717, 1.165) is 12.3 Å². The Bertz CT molecular complexity index is 404. The zero-order valence-corrected chi connectivity index (χ0v) is 15.9. The van der Waals surface area contributed by atoms with Gasteiger partial charge in [-0.1, -0.05) is 51.8 Å². The van der Waals surface area contributed by atoms with Crippen LogP contribution in [0.15, 0.2) is 41.3 Å². The minimum Gasteiger partial charge on any atom is -0.274 e. The van der Waals surface area contributed by atoms with Gasteiger partial charge in [0.05, 0.1) is 0 Å². The van der Waals surface area contributed by atoms with E-state index in [9.17, 15) is 0 Å². The van der Waals surface area contributed by atoms with E-state index in [-0.39, 0.29) is 0 Å². The van der Waals surface area contributed by atoms with E-state index in [1.54, 1.807) is 14.0 Å². The molecule has 0 aliphatic rings. The number of benzene rings is 1. The van der Waals surface area contributed by atoms with Crippen LogP contribution >= 0.6 is 0 Å². The Labute approximate surface area is 139 Å². The van der Waals surface area contributed by atoms with Crippen molar-refractivity contribution in [3.63, 3.8) is 0 Å². The summed E-state index contributed by atoms with van der Waals surface area (Å²) in [6.45, 7) is 21.9. The molecule has 0 radical (unpaired) electrons. The molecule has 0 N–H and O–H groups in total. The van der Waals surface area contributed by atoms with Crippen LogP contribution in [-0.4, -0.2) is 19.6 Å². The zero-order chi connectivity index (χ0) is 18.0. The molecule has 0 unspecified atom stereocenters. The predicted molar refractivity (Wildman–Crippen MR) is 106 cm³/mol. The molecule has 126 valence electrons. The van der Waals surface area contributed by atoms with Crippen LogP contribution in [0.2, 0.25) is 0 Å². The summed E-state index contributed by atoms with van der Waals surface area (Å²) in [6.07, 6.45) is 3.78. The Kier molecular flexibility index (Phi) is 22.2. The lowest BCUT2D eigenvalue weighted by Crippen LogP contribution is -1.84. The van der Waals surface area contributed by atoms with Crippen LogP contribution in [0, 0.1) is 13.8 Å². The van der Waals surface area contributed by atoms with Crippen molar-refractivity contribution in [1.82, 2.24) is 0 Å². The van der Waals surface area contributed by atoms with Crippen LogP contribution < -0.4 is 0 Å². The van der Waals surface area contributed by atoms with Crippen LogP contribution in [-0.2, 0) is 6.42 Å². The van der Waals surface area contributed by atoms with Gasteiger partial charge >= 0.3 is 0 Å². The molecule has 0 aliphatic heterocycles. The number of rotatable bonds is 2. The summed E-state index contributed by atoms with van der Waals surface area (Å²) in [6, 6.07) is 6.64. The lowest BCUT2D eigenvalue weighted by atomic mass is 10.1. The highest BCUT2D eigenvalue weighted by Crippen LogP contribution is 2.09. The number of aryl methyl sites for hydroxylation is 3. The molecular weight excluding hydrogens is 268 g/mol. The van der Waals surface area contributed by atoms with Crippen LogP contribution in [0.25, 0.3) is 0 Å². The first-order valence-electron chi connectivity index (χ1n) is 7.92. The van der Waals surface area contributed by atoms with E-state index < -0.39 is 0 Å². The van der Waals surface area contributed by atoms with Crippen LogP contribution in [0.4, 0.5) is 0 Å². The predicted octanol–water partition coefficient (Wildman–Crippen LogP) is 6.21. The third kappa shape index (κ3) is 16.4. The number of unbranched alkanes of at least 4 members (excludes halogenated alkanes) is 1. The van der Waals surface area contributed by atoms with Gasteiger partial charge in [0.2, 0.25) is 0 Å². The molecule has 0 spiro atoms. The standard InChI is InChI=1S/C10H14.C4H8N2.C4H10.C2H4/c1-4-10-6-5-8(2)9(3)7-10;1-4(5-2)6-3;1-3-4-2;1-2/h5-7H,4H2,1-3H3;2H2,1,3H3;3-4H2,1-2H3;1-2H2. The monoisotopic (exact) mass is 304 g/mol. The van der Waals surface area contributed by atoms with Crippen molar-refractivity contribution in [1.29, 1.82) is 0 Å². The number of hydrogen-bond donors (Lipinski definition) is 0. The summed E-state index contributed by atoms with van der Waals surface area (Å²) >= 11 is 0. The van der Waals surface area contributed by atoms with E-state index in [2.05, 4.69) is 82.7 Å². The SMILES string of the molecule is C=C.C=NC(C)=NC.CCCC.CCc1ccc(C)c(C)c1. The fourth-order valence-corrected chi connectivity index (χ4v) is 1.09. The number of aliphatic imine (C=N–C) groups is 2. The molecule has 2 heteroatoms. The molecule has 0 bridgehead atoms. The zero-order valence-electron chi connectivity index (χ0n) is 15.9. The fourth-order valence-electron chi connectivity index (χ4n) is 1.09. The van der Waals surface area contributed by atoms with E-state index in [1.807, 2.05) is 0 Å². The van der Waals surface area contributed by atoms with Crippen molar-refractivity contribution < 1.29 is 0 Å². The Balaban J connectivity index is -0.000000259. The van der Waals surface area contributed by atoms with Crippen LogP contribution in [0.3, 0.4) is 0 Å². The minimum absolute atomic E-state index is 0.731. The Hall–Kier alpha value is -1.70. The van der Waals surface area contributed by atoms with Crippen molar-refractivity contribution >= 4 is 12.6 Å². The van der Waals surface area contributed by atoms with E-state index in [0.29, 0.717) is 0 Å². The summed E-state index contributed by atoms with van der Waals surface area (Å²) in [5.74, 6) is 0.731. The molecule has 0 aliphatic carbocycles. The maximum absolute atomic E-state index is 3.69. The van der Waals surface area contributed by atoms with Crippen LogP contribution in [0.5, 0.6) is 0 Å². The highest BCUT2D eigenvalue weighted by atomic mass is 14.9.